The van der Waals surface area contributed by atoms with Crippen LogP contribution in [0.15, 0.2) is 24.3 Å². The Hall–Kier alpha value is -1.29. The lowest BCUT2D eigenvalue weighted by Gasteiger charge is -2.01. The number of carboxylic acid groups (broad SMARTS) is 1. The van der Waals surface area contributed by atoms with E-state index in [2.05, 4.69) is 0 Å². The fourth-order valence-electron chi connectivity index (χ4n) is 2.00. The number of ether oxygens (including phenoxy) is 1. The first-order chi connectivity index (χ1) is 10.1. The van der Waals surface area contributed by atoms with Crippen LogP contribution in [0, 0.1) is 5.92 Å². The van der Waals surface area contributed by atoms with Gasteiger partial charge in [-0.25, -0.2) is 4.57 Å². The lowest BCUT2D eigenvalue weighted by Crippen LogP contribution is -1.98. The Balaban J connectivity index is 0.000000383. The van der Waals surface area contributed by atoms with Gasteiger partial charge in [-0.05, 0) is 37.3 Å². The standard InChI is InChI=1S/C11H11O4P.C4H10O/c12-11(13)10-5-9(10)8-3-1-7(2-4-8)6-15-16-14;1-3-5-4-2/h1-4,9-10H,5-6H2,(H,12,13);3-4H2,1-2H3/t9-,10+;/m1./s1. The molecule has 2 atom stereocenters. The van der Waals surface area contributed by atoms with E-state index < -0.39 is 5.97 Å². The van der Waals surface area contributed by atoms with Crippen LogP contribution in [-0.4, -0.2) is 24.3 Å². The van der Waals surface area contributed by atoms with Gasteiger partial charge in [0.15, 0.2) is 0 Å². The molecule has 1 fully saturated rings. The molecule has 2 rings (SSSR count). The maximum Gasteiger partial charge on any atom is 0.327 e. The molecule has 6 heteroatoms. The van der Waals surface area contributed by atoms with Gasteiger partial charge in [0.05, 0.1) is 12.5 Å². The number of rotatable bonds is 7. The molecule has 0 bridgehead atoms. The summed E-state index contributed by atoms with van der Waals surface area (Å²) in [5.41, 5.74) is 1.98. The zero-order valence-corrected chi connectivity index (χ0v) is 13.2. The second-order valence-corrected chi connectivity index (χ2v) is 5.07. The second kappa shape index (κ2) is 9.61. The van der Waals surface area contributed by atoms with Crippen LogP contribution in [0.4, 0.5) is 0 Å². The number of aliphatic carboxylic acids is 1. The Morgan fingerprint density at radius 3 is 2.29 bits per heavy atom. The molecule has 0 spiro atoms. The van der Waals surface area contributed by atoms with Gasteiger partial charge >= 0.3 is 14.7 Å². The van der Waals surface area contributed by atoms with Crippen LogP contribution in [-0.2, 0) is 25.2 Å². The summed E-state index contributed by atoms with van der Waals surface area (Å²) in [4.78, 5) is 10.7. The molecular weight excluding hydrogens is 291 g/mol. The molecule has 116 valence electrons. The topological polar surface area (TPSA) is 72.8 Å². The zero-order chi connectivity index (χ0) is 15.7. The van der Waals surface area contributed by atoms with Crippen molar-refractivity contribution in [3.63, 3.8) is 0 Å². The molecule has 0 saturated heterocycles. The van der Waals surface area contributed by atoms with Crippen LogP contribution < -0.4 is 0 Å². The van der Waals surface area contributed by atoms with Gasteiger partial charge in [0.25, 0.3) is 0 Å². The van der Waals surface area contributed by atoms with Crippen molar-refractivity contribution >= 4 is 14.7 Å². The maximum absolute atomic E-state index is 10.7. The molecule has 0 heterocycles. The van der Waals surface area contributed by atoms with Gasteiger partial charge in [0.2, 0.25) is 0 Å². The van der Waals surface area contributed by atoms with Gasteiger partial charge in [0.1, 0.15) is 0 Å². The quantitative estimate of drug-likeness (QED) is 0.778. The normalized spacial score (nSPS) is 19.7. The van der Waals surface area contributed by atoms with E-state index in [0.29, 0.717) is 6.61 Å². The van der Waals surface area contributed by atoms with E-state index >= 15 is 0 Å². The molecule has 1 N–H and O–H groups in total. The molecule has 5 nitrogen and oxygen atoms in total. The monoisotopic (exact) mass is 312 g/mol. The fraction of sp³-hybridized carbons (Fsp3) is 0.533. The third-order valence-corrected chi connectivity index (χ3v) is 3.44. The summed E-state index contributed by atoms with van der Waals surface area (Å²) in [7, 11) is -0.326. The zero-order valence-electron chi connectivity index (χ0n) is 12.3. The molecule has 0 amide bonds. The lowest BCUT2D eigenvalue weighted by atomic mass is 10.1. The molecule has 1 aliphatic carbocycles. The van der Waals surface area contributed by atoms with Crippen molar-refractivity contribution < 1.29 is 23.7 Å². The smallest absolute Gasteiger partial charge is 0.327 e. The van der Waals surface area contributed by atoms with E-state index in [0.717, 1.165) is 30.8 Å². The summed E-state index contributed by atoms with van der Waals surface area (Å²) in [6.07, 6.45) is 0.727. The van der Waals surface area contributed by atoms with E-state index in [1.165, 1.54) is 0 Å². The van der Waals surface area contributed by atoms with Gasteiger partial charge < -0.3 is 9.84 Å². The highest BCUT2D eigenvalue weighted by atomic mass is 31.1. The van der Waals surface area contributed by atoms with Gasteiger partial charge in [-0.15, -0.1) is 0 Å². The fourth-order valence-corrected chi connectivity index (χ4v) is 2.20. The van der Waals surface area contributed by atoms with Crippen molar-refractivity contribution in [2.24, 2.45) is 5.92 Å². The molecule has 0 radical (unpaired) electrons. The summed E-state index contributed by atoms with van der Waals surface area (Å²) in [5, 5.41) is 8.80. The highest BCUT2D eigenvalue weighted by Gasteiger charge is 2.43. The van der Waals surface area contributed by atoms with E-state index in [1.807, 2.05) is 38.1 Å². The average Bonchev–Trinajstić information content (AvgIpc) is 3.28. The van der Waals surface area contributed by atoms with Crippen LogP contribution >= 0.6 is 8.69 Å². The number of hydrogen-bond donors (Lipinski definition) is 1. The minimum Gasteiger partial charge on any atom is -0.481 e. The van der Waals surface area contributed by atoms with Crippen molar-refractivity contribution in [1.29, 1.82) is 0 Å². The molecule has 0 unspecified atom stereocenters. The largest absolute Gasteiger partial charge is 0.481 e. The van der Waals surface area contributed by atoms with Gasteiger partial charge in [-0.1, -0.05) is 24.3 Å². The summed E-state index contributed by atoms with van der Waals surface area (Å²) < 4.78 is 19.6. The van der Waals surface area contributed by atoms with E-state index in [-0.39, 0.29) is 20.5 Å². The molecule has 1 aromatic carbocycles. The van der Waals surface area contributed by atoms with Crippen LogP contribution in [0.1, 0.15) is 37.3 Å². The highest BCUT2D eigenvalue weighted by Crippen LogP contribution is 2.47. The van der Waals surface area contributed by atoms with Crippen molar-refractivity contribution in [3.8, 4) is 0 Å². The van der Waals surface area contributed by atoms with Crippen LogP contribution in [0.3, 0.4) is 0 Å². The third kappa shape index (κ3) is 6.34. The molecule has 0 aliphatic heterocycles. The minimum atomic E-state index is -0.720. The van der Waals surface area contributed by atoms with Crippen molar-refractivity contribution in [1.82, 2.24) is 0 Å². The predicted molar refractivity (Wildman–Crippen MR) is 79.5 cm³/mol. The number of carbonyl (C=O) groups is 1. The molecule has 21 heavy (non-hydrogen) atoms. The Labute approximate surface area is 126 Å². The summed E-state index contributed by atoms with van der Waals surface area (Å²) in [5.74, 6) is -0.782. The molecule has 0 aromatic heterocycles. The van der Waals surface area contributed by atoms with Gasteiger partial charge in [0, 0.05) is 13.2 Å². The third-order valence-electron chi connectivity index (χ3n) is 3.21. The lowest BCUT2D eigenvalue weighted by molar-refractivity contribution is -0.138. The Bertz CT molecular complexity index is 444. The summed E-state index contributed by atoms with van der Waals surface area (Å²) in [6, 6.07) is 7.57. The number of benzene rings is 1. The predicted octanol–water partition coefficient (Wildman–Crippen LogP) is 3.64. The van der Waals surface area contributed by atoms with E-state index in [9.17, 15) is 9.36 Å². The molecule has 1 saturated carbocycles. The molecule has 1 aliphatic rings. The van der Waals surface area contributed by atoms with E-state index in [4.69, 9.17) is 14.4 Å². The number of carboxylic acids is 1. The molecule has 1 aromatic rings. The minimum absolute atomic E-state index is 0.158. The van der Waals surface area contributed by atoms with Crippen LogP contribution in [0.2, 0.25) is 0 Å². The van der Waals surface area contributed by atoms with Crippen molar-refractivity contribution in [3.05, 3.63) is 35.4 Å². The van der Waals surface area contributed by atoms with Crippen LogP contribution in [0.25, 0.3) is 0 Å². The highest BCUT2D eigenvalue weighted by molar-refractivity contribution is 7.17. The SMILES string of the molecule is CCOCC.O=POCc1ccc([C@H]2C[C@@H]2C(=O)O)cc1. The first-order valence-electron chi connectivity index (χ1n) is 6.98. The van der Waals surface area contributed by atoms with Crippen molar-refractivity contribution in [2.75, 3.05) is 13.2 Å². The Morgan fingerprint density at radius 2 is 1.90 bits per heavy atom. The van der Waals surface area contributed by atoms with Crippen LogP contribution in [0.5, 0.6) is 0 Å². The van der Waals surface area contributed by atoms with E-state index in [1.54, 1.807) is 0 Å². The van der Waals surface area contributed by atoms with Gasteiger partial charge in [-0.3, -0.25) is 9.32 Å². The second-order valence-electron chi connectivity index (χ2n) is 4.66. The average molecular weight is 312 g/mol. The summed E-state index contributed by atoms with van der Waals surface area (Å²) in [6.45, 7) is 5.97. The van der Waals surface area contributed by atoms with Crippen molar-refractivity contribution in [2.45, 2.75) is 32.8 Å². The number of hydrogen-bond acceptors (Lipinski definition) is 4. The van der Waals surface area contributed by atoms with Gasteiger partial charge in [-0.2, -0.15) is 0 Å². The Kier molecular flexibility index (Phi) is 8.13. The summed E-state index contributed by atoms with van der Waals surface area (Å²) >= 11 is 0. The molecular formula is C15H21O5P. The first-order valence-corrected chi connectivity index (χ1v) is 7.71. The maximum atomic E-state index is 10.7. The Morgan fingerprint density at radius 1 is 1.29 bits per heavy atom. The first kappa shape index (κ1) is 17.8.